The number of carbonyl (C=O) groups excluding carboxylic acids is 4. The van der Waals surface area contributed by atoms with E-state index in [1.54, 1.807) is 0 Å². The first kappa shape index (κ1) is 90.1. The molecule has 0 aromatic rings. The van der Waals surface area contributed by atoms with Crippen molar-refractivity contribution in [3.05, 3.63) is 0 Å². The summed E-state index contributed by atoms with van der Waals surface area (Å²) in [6.07, 6.45) is 48.8. The second-order valence-corrected chi connectivity index (χ2v) is 30.2. The van der Waals surface area contributed by atoms with E-state index >= 15 is 0 Å². The maximum atomic E-state index is 13.1. The Morgan fingerprint density at radius 2 is 0.554 bits per heavy atom. The lowest BCUT2D eigenvalue weighted by Gasteiger charge is -2.21. The maximum Gasteiger partial charge on any atom is 0.472 e. The van der Waals surface area contributed by atoms with Crippen LogP contribution in [0.1, 0.15) is 370 Å². The van der Waals surface area contributed by atoms with Gasteiger partial charge in [-0.3, -0.25) is 37.3 Å². The van der Waals surface area contributed by atoms with Gasteiger partial charge in [-0.1, -0.05) is 318 Å². The molecule has 0 aliphatic carbocycles. The van der Waals surface area contributed by atoms with E-state index in [9.17, 15) is 43.2 Å². The van der Waals surface area contributed by atoms with Crippen molar-refractivity contribution in [2.45, 2.75) is 388 Å². The van der Waals surface area contributed by atoms with Crippen molar-refractivity contribution >= 4 is 39.5 Å². The van der Waals surface area contributed by atoms with Gasteiger partial charge in [0.15, 0.2) is 12.2 Å². The minimum atomic E-state index is -4.95. The van der Waals surface area contributed by atoms with Crippen LogP contribution in [0.4, 0.5) is 0 Å². The molecule has 0 saturated carbocycles. The Bertz CT molecular complexity index is 1810. The maximum absolute atomic E-state index is 13.1. The lowest BCUT2D eigenvalue weighted by molar-refractivity contribution is -0.161. The van der Waals surface area contributed by atoms with Crippen LogP contribution < -0.4 is 0 Å². The summed E-state index contributed by atoms with van der Waals surface area (Å²) in [5.74, 6) is 0.189. The number of unbranched alkanes of at least 4 members (excludes halogenated alkanes) is 37. The Hall–Kier alpha value is -1.94. The van der Waals surface area contributed by atoms with Crippen molar-refractivity contribution < 1.29 is 80.2 Å². The Kier molecular flexibility index (Phi) is 62.4. The van der Waals surface area contributed by atoms with Crippen LogP contribution in [-0.2, 0) is 65.4 Å². The zero-order valence-electron chi connectivity index (χ0n) is 60.0. The summed E-state index contributed by atoms with van der Waals surface area (Å²) >= 11 is 0. The molecule has 0 aliphatic rings. The molecule has 17 nitrogen and oxygen atoms in total. The molecular formula is C73H142O17P2. The van der Waals surface area contributed by atoms with Crippen LogP contribution in [0.15, 0.2) is 0 Å². The summed E-state index contributed by atoms with van der Waals surface area (Å²) in [4.78, 5) is 72.5. The van der Waals surface area contributed by atoms with E-state index < -0.39 is 97.5 Å². The van der Waals surface area contributed by atoms with E-state index in [1.807, 2.05) is 0 Å². The van der Waals surface area contributed by atoms with E-state index in [1.165, 1.54) is 180 Å². The highest BCUT2D eigenvalue weighted by atomic mass is 31.2. The van der Waals surface area contributed by atoms with Crippen molar-refractivity contribution in [1.82, 2.24) is 0 Å². The van der Waals surface area contributed by atoms with E-state index in [2.05, 4.69) is 48.5 Å². The number of aliphatic hydroxyl groups excluding tert-OH is 1. The highest BCUT2D eigenvalue weighted by Crippen LogP contribution is 2.45. The number of phosphoric acid groups is 2. The van der Waals surface area contributed by atoms with Crippen molar-refractivity contribution in [3.63, 3.8) is 0 Å². The second kappa shape index (κ2) is 63.8. The molecule has 0 bridgehead atoms. The molecule has 0 radical (unpaired) electrons. The van der Waals surface area contributed by atoms with E-state index in [4.69, 9.17) is 37.0 Å². The zero-order chi connectivity index (χ0) is 68.0. The molecule has 546 valence electrons. The molecule has 0 amide bonds. The number of carbonyl (C=O) groups is 4. The molecule has 92 heavy (non-hydrogen) atoms. The SMILES string of the molecule is CCCCCCCCCCCC(=O)OC[C@H](COP(=O)(O)OC[C@H](O)COP(=O)(O)OC[C@@H](COC(=O)CCCCCCCCCCC(C)CC)OC(=O)CCCCCCCCCCCCCCCCCCCCC(C)CC)OC(=O)CCCCCCCCC(C)C. The normalized spacial score (nSPS) is 14.7. The zero-order valence-corrected chi connectivity index (χ0v) is 61.8. The van der Waals surface area contributed by atoms with Gasteiger partial charge in [-0.05, 0) is 43.4 Å². The van der Waals surface area contributed by atoms with Gasteiger partial charge in [-0.25, -0.2) is 9.13 Å². The van der Waals surface area contributed by atoms with Gasteiger partial charge in [-0.2, -0.15) is 0 Å². The number of ether oxygens (including phenoxy) is 4. The smallest absolute Gasteiger partial charge is 0.462 e. The lowest BCUT2D eigenvalue weighted by Crippen LogP contribution is -2.30. The van der Waals surface area contributed by atoms with Crippen LogP contribution in [0.3, 0.4) is 0 Å². The van der Waals surface area contributed by atoms with Crippen molar-refractivity contribution in [2.24, 2.45) is 17.8 Å². The highest BCUT2D eigenvalue weighted by molar-refractivity contribution is 7.47. The predicted octanol–water partition coefficient (Wildman–Crippen LogP) is 21.0. The number of aliphatic hydroxyl groups is 1. The van der Waals surface area contributed by atoms with Gasteiger partial charge in [0.25, 0.3) is 0 Å². The van der Waals surface area contributed by atoms with E-state index in [0.29, 0.717) is 31.6 Å². The molecule has 19 heteroatoms. The molecule has 0 heterocycles. The summed E-state index contributed by atoms with van der Waals surface area (Å²) in [6.45, 7) is 11.8. The third kappa shape index (κ3) is 64.1. The van der Waals surface area contributed by atoms with Crippen molar-refractivity contribution in [2.75, 3.05) is 39.6 Å². The fourth-order valence-electron chi connectivity index (χ4n) is 11.0. The van der Waals surface area contributed by atoms with Gasteiger partial charge in [0.2, 0.25) is 0 Å². The van der Waals surface area contributed by atoms with E-state index in [-0.39, 0.29) is 25.7 Å². The third-order valence-corrected chi connectivity index (χ3v) is 19.5. The molecule has 0 aromatic carbocycles. The summed E-state index contributed by atoms with van der Waals surface area (Å²) in [7, 11) is -9.90. The second-order valence-electron chi connectivity index (χ2n) is 27.3. The van der Waals surface area contributed by atoms with Crippen molar-refractivity contribution in [1.29, 1.82) is 0 Å². The fourth-order valence-corrected chi connectivity index (χ4v) is 12.6. The topological polar surface area (TPSA) is 237 Å². The van der Waals surface area contributed by atoms with Gasteiger partial charge >= 0.3 is 39.5 Å². The van der Waals surface area contributed by atoms with Gasteiger partial charge in [0, 0.05) is 25.7 Å². The molecule has 0 rings (SSSR count). The molecule has 0 fully saturated rings. The van der Waals surface area contributed by atoms with Gasteiger partial charge in [-0.15, -0.1) is 0 Å². The number of phosphoric ester groups is 2. The van der Waals surface area contributed by atoms with Crippen LogP contribution in [0, 0.1) is 17.8 Å². The Morgan fingerprint density at radius 1 is 0.315 bits per heavy atom. The number of esters is 4. The Morgan fingerprint density at radius 3 is 0.826 bits per heavy atom. The van der Waals surface area contributed by atoms with Crippen LogP contribution >= 0.6 is 15.6 Å². The average Bonchev–Trinajstić information content (AvgIpc) is 1.59. The molecule has 0 aromatic heterocycles. The third-order valence-electron chi connectivity index (χ3n) is 17.6. The molecule has 7 atom stereocenters. The first-order valence-corrected chi connectivity index (χ1v) is 40.9. The van der Waals surface area contributed by atoms with Gasteiger partial charge in [0.1, 0.15) is 19.3 Å². The predicted molar refractivity (Wildman–Crippen MR) is 372 cm³/mol. The number of hydrogen-bond donors (Lipinski definition) is 3. The highest BCUT2D eigenvalue weighted by Gasteiger charge is 2.30. The number of rotatable bonds is 71. The Balaban J connectivity index is 5.15. The van der Waals surface area contributed by atoms with Gasteiger partial charge in [0.05, 0.1) is 26.4 Å². The minimum absolute atomic E-state index is 0.102. The summed E-state index contributed by atoms with van der Waals surface area (Å²) in [5.41, 5.74) is 0. The van der Waals surface area contributed by atoms with Crippen LogP contribution in [0.25, 0.3) is 0 Å². The molecule has 3 N–H and O–H groups in total. The fraction of sp³-hybridized carbons (Fsp3) is 0.945. The molecule has 4 unspecified atom stereocenters. The summed E-state index contributed by atoms with van der Waals surface area (Å²) < 4.78 is 68.3. The average molecular weight is 1350 g/mol. The first-order valence-electron chi connectivity index (χ1n) is 37.9. The molecule has 0 spiro atoms. The number of hydrogen-bond acceptors (Lipinski definition) is 15. The quantitative estimate of drug-likeness (QED) is 0.0222. The largest absolute Gasteiger partial charge is 0.472 e. The monoisotopic (exact) mass is 1350 g/mol. The van der Waals surface area contributed by atoms with Crippen LogP contribution in [0.2, 0.25) is 0 Å². The van der Waals surface area contributed by atoms with E-state index in [0.717, 1.165) is 102 Å². The lowest BCUT2D eigenvalue weighted by atomic mass is 9.99. The summed E-state index contributed by atoms with van der Waals surface area (Å²) in [5, 5.41) is 10.6. The summed E-state index contributed by atoms with van der Waals surface area (Å²) in [6, 6.07) is 0. The molecule has 0 saturated heterocycles. The van der Waals surface area contributed by atoms with Crippen LogP contribution in [0.5, 0.6) is 0 Å². The standard InChI is InChI=1S/C73H142O17P2/c1-8-11-12-13-14-25-32-40-47-54-70(75)83-61-69(90-73(78)57-50-43-36-35-37-44-51-64(4)5)63-88-92(81,82)86-59-67(74)58-85-91(79,80)87-62-68(60-84-71(76)55-48-41-33-29-28-31-39-46-53-66(7)10-3)89-72(77)56-49-42-34-27-24-22-20-18-16-15-17-19-21-23-26-30-38-45-52-65(6)9-2/h64-69,74H,8-63H2,1-7H3,(H,79,80)(H,81,82)/t65?,66?,67-,68-,69-/m1/s1. The minimum Gasteiger partial charge on any atom is -0.462 e. The van der Waals surface area contributed by atoms with Crippen molar-refractivity contribution in [3.8, 4) is 0 Å². The molecular weight excluding hydrogens is 1210 g/mol. The first-order chi connectivity index (χ1) is 44.3. The van der Waals surface area contributed by atoms with Gasteiger partial charge < -0.3 is 33.8 Å². The Labute approximate surface area is 562 Å². The van der Waals surface area contributed by atoms with Crippen LogP contribution in [-0.4, -0.2) is 96.7 Å². The molecule has 0 aliphatic heterocycles.